The quantitative estimate of drug-likeness (QED) is 0.663. The van der Waals surface area contributed by atoms with Crippen molar-refractivity contribution in [2.75, 3.05) is 7.11 Å². The second-order valence-corrected chi connectivity index (χ2v) is 2.87. The Hall–Kier alpha value is -0.530. The maximum atomic E-state index is 5.72. The molecule has 0 aliphatic heterocycles. The summed E-state index contributed by atoms with van der Waals surface area (Å²) < 4.78 is 5.13. The van der Waals surface area contributed by atoms with Gasteiger partial charge in [0, 0.05) is 12.1 Å². The lowest BCUT2D eigenvalue weighted by Crippen LogP contribution is -1.94. The van der Waals surface area contributed by atoms with Crippen LogP contribution in [0.4, 0.5) is 0 Å². The van der Waals surface area contributed by atoms with Crippen molar-refractivity contribution in [2.45, 2.75) is 13.0 Å². The molecule has 0 bridgehead atoms. The van der Waals surface area contributed by atoms with Gasteiger partial charge >= 0.3 is 0 Å². The minimum atomic E-state index is 0.146. The zero-order valence-corrected chi connectivity index (χ0v) is 7.43. The van der Waals surface area contributed by atoms with E-state index in [0.717, 1.165) is 10.6 Å². The van der Waals surface area contributed by atoms with Crippen LogP contribution in [0.25, 0.3) is 0 Å². The molecule has 0 heterocycles. The molecule has 0 amide bonds. The molecule has 2 heteroatoms. The summed E-state index contributed by atoms with van der Waals surface area (Å²) >= 11 is 5.72. The molecule has 1 atom stereocenters. The molecule has 0 aromatic heterocycles. The largest absolute Gasteiger partial charge is 0.377 e. The highest BCUT2D eigenvalue weighted by Crippen LogP contribution is 2.17. The minimum absolute atomic E-state index is 0.146. The Morgan fingerprint density at radius 2 is 1.82 bits per heavy atom. The van der Waals surface area contributed by atoms with E-state index in [0.29, 0.717) is 0 Å². The average molecular weight is 171 g/mol. The van der Waals surface area contributed by atoms with Crippen molar-refractivity contribution in [2.24, 2.45) is 0 Å². The molecule has 0 aliphatic carbocycles. The van der Waals surface area contributed by atoms with E-state index in [2.05, 4.69) is 0 Å². The van der Waals surface area contributed by atoms with Crippen LogP contribution in [-0.2, 0) is 4.74 Å². The number of methoxy groups -OCH3 is 1. The monoisotopic (exact) mass is 170 g/mol. The maximum absolute atomic E-state index is 5.72. The van der Waals surface area contributed by atoms with Gasteiger partial charge in [0.15, 0.2) is 0 Å². The van der Waals surface area contributed by atoms with Gasteiger partial charge in [0.25, 0.3) is 0 Å². The zero-order valence-electron chi connectivity index (χ0n) is 6.67. The summed E-state index contributed by atoms with van der Waals surface area (Å²) in [5.74, 6) is 0. The first kappa shape index (κ1) is 8.57. The van der Waals surface area contributed by atoms with E-state index in [9.17, 15) is 0 Å². The number of hydrogen-bond donors (Lipinski definition) is 0. The lowest BCUT2D eigenvalue weighted by atomic mass is 10.1. The van der Waals surface area contributed by atoms with Crippen LogP contribution in [0.15, 0.2) is 24.3 Å². The van der Waals surface area contributed by atoms with Gasteiger partial charge in [-0.3, -0.25) is 0 Å². The Morgan fingerprint density at radius 1 is 1.27 bits per heavy atom. The molecule has 1 rings (SSSR count). The van der Waals surface area contributed by atoms with E-state index in [1.165, 1.54) is 0 Å². The molecule has 0 spiro atoms. The SMILES string of the molecule is COC(C)c1ccc(Cl)cc1. The van der Waals surface area contributed by atoms with Gasteiger partial charge in [-0.1, -0.05) is 23.7 Å². The third-order valence-electron chi connectivity index (χ3n) is 1.69. The smallest absolute Gasteiger partial charge is 0.0793 e. The minimum Gasteiger partial charge on any atom is -0.377 e. The van der Waals surface area contributed by atoms with Crippen molar-refractivity contribution in [1.29, 1.82) is 0 Å². The molecule has 1 nitrogen and oxygen atoms in total. The predicted molar refractivity (Wildman–Crippen MR) is 46.9 cm³/mol. The molecule has 1 aromatic rings. The van der Waals surface area contributed by atoms with Crippen LogP contribution < -0.4 is 0 Å². The molecule has 60 valence electrons. The second-order valence-electron chi connectivity index (χ2n) is 2.43. The lowest BCUT2D eigenvalue weighted by Gasteiger charge is -2.08. The molecule has 0 aliphatic rings. The summed E-state index contributed by atoms with van der Waals surface area (Å²) in [6.45, 7) is 2.00. The van der Waals surface area contributed by atoms with E-state index < -0.39 is 0 Å². The summed E-state index contributed by atoms with van der Waals surface area (Å²) in [6.07, 6.45) is 0.146. The highest BCUT2D eigenvalue weighted by Gasteiger charge is 2.01. The second kappa shape index (κ2) is 3.74. The van der Waals surface area contributed by atoms with Crippen molar-refractivity contribution in [1.82, 2.24) is 0 Å². The van der Waals surface area contributed by atoms with Crippen LogP contribution in [0.2, 0.25) is 5.02 Å². The topological polar surface area (TPSA) is 9.23 Å². The Balaban J connectivity index is 2.81. The molecule has 0 N–H and O–H groups in total. The Labute approximate surface area is 71.9 Å². The van der Waals surface area contributed by atoms with Gasteiger partial charge in [0.2, 0.25) is 0 Å². The Kier molecular flexibility index (Phi) is 2.92. The van der Waals surface area contributed by atoms with Crippen molar-refractivity contribution < 1.29 is 4.74 Å². The average Bonchev–Trinajstić information content (AvgIpc) is 2.05. The van der Waals surface area contributed by atoms with Crippen molar-refractivity contribution in [3.63, 3.8) is 0 Å². The van der Waals surface area contributed by atoms with E-state index in [1.807, 2.05) is 31.2 Å². The Bertz CT molecular complexity index is 218. The fourth-order valence-corrected chi connectivity index (χ4v) is 0.996. The number of halogens is 1. The van der Waals surface area contributed by atoms with Crippen LogP contribution in [0.3, 0.4) is 0 Å². The predicted octanol–water partition coefficient (Wildman–Crippen LogP) is 3.05. The van der Waals surface area contributed by atoms with Crippen molar-refractivity contribution in [3.8, 4) is 0 Å². The van der Waals surface area contributed by atoms with Crippen LogP contribution >= 0.6 is 11.6 Å². The van der Waals surface area contributed by atoms with E-state index in [-0.39, 0.29) is 6.10 Å². The molecule has 0 fully saturated rings. The standard InChI is InChI=1S/C9H11ClO/c1-7(11-2)8-3-5-9(10)6-4-8/h3-7H,1-2H3. The molecule has 0 saturated carbocycles. The highest BCUT2D eigenvalue weighted by atomic mass is 35.5. The first-order chi connectivity index (χ1) is 5.24. The van der Waals surface area contributed by atoms with Crippen LogP contribution in [0.5, 0.6) is 0 Å². The number of ether oxygens (including phenoxy) is 1. The summed E-state index contributed by atoms with van der Waals surface area (Å²) in [7, 11) is 1.69. The first-order valence-electron chi connectivity index (χ1n) is 3.52. The third-order valence-corrected chi connectivity index (χ3v) is 1.94. The summed E-state index contributed by atoms with van der Waals surface area (Å²) in [5.41, 5.74) is 1.15. The third kappa shape index (κ3) is 2.21. The van der Waals surface area contributed by atoms with Crippen LogP contribution in [0.1, 0.15) is 18.6 Å². The summed E-state index contributed by atoms with van der Waals surface area (Å²) in [5, 5.41) is 0.761. The zero-order chi connectivity index (χ0) is 8.27. The Morgan fingerprint density at radius 3 is 2.27 bits per heavy atom. The van der Waals surface area contributed by atoms with Gasteiger partial charge in [0.05, 0.1) is 6.10 Å². The van der Waals surface area contributed by atoms with E-state index in [4.69, 9.17) is 16.3 Å². The van der Waals surface area contributed by atoms with E-state index in [1.54, 1.807) is 7.11 Å². The van der Waals surface area contributed by atoms with Crippen LogP contribution in [0, 0.1) is 0 Å². The number of rotatable bonds is 2. The molecule has 0 radical (unpaired) electrons. The van der Waals surface area contributed by atoms with Gasteiger partial charge < -0.3 is 4.74 Å². The van der Waals surface area contributed by atoms with Crippen LogP contribution in [-0.4, -0.2) is 7.11 Å². The fourth-order valence-electron chi connectivity index (χ4n) is 0.870. The fraction of sp³-hybridized carbons (Fsp3) is 0.333. The van der Waals surface area contributed by atoms with Gasteiger partial charge in [-0.2, -0.15) is 0 Å². The first-order valence-corrected chi connectivity index (χ1v) is 3.90. The maximum Gasteiger partial charge on any atom is 0.0793 e. The number of hydrogen-bond acceptors (Lipinski definition) is 1. The van der Waals surface area contributed by atoms with Gasteiger partial charge in [-0.25, -0.2) is 0 Å². The normalized spacial score (nSPS) is 13.0. The molecule has 1 aromatic carbocycles. The van der Waals surface area contributed by atoms with E-state index >= 15 is 0 Å². The van der Waals surface area contributed by atoms with Gasteiger partial charge in [0.1, 0.15) is 0 Å². The van der Waals surface area contributed by atoms with Gasteiger partial charge in [-0.05, 0) is 24.6 Å². The lowest BCUT2D eigenvalue weighted by molar-refractivity contribution is 0.119. The van der Waals surface area contributed by atoms with Crippen molar-refractivity contribution in [3.05, 3.63) is 34.9 Å². The summed E-state index contributed by atoms with van der Waals surface area (Å²) in [6, 6.07) is 7.67. The molecular weight excluding hydrogens is 160 g/mol. The molecule has 11 heavy (non-hydrogen) atoms. The molecule has 0 saturated heterocycles. The van der Waals surface area contributed by atoms with Crippen molar-refractivity contribution >= 4 is 11.6 Å². The summed E-state index contributed by atoms with van der Waals surface area (Å²) in [4.78, 5) is 0. The number of benzene rings is 1. The highest BCUT2D eigenvalue weighted by molar-refractivity contribution is 6.30. The van der Waals surface area contributed by atoms with Gasteiger partial charge in [-0.15, -0.1) is 0 Å². The molecule has 1 unspecified atom stereocenters. The molecular formula is C9H11ClO.